The highest BCUT2D eigenvalue weighted by atomic mass is 16.3. The lowest BCUT2D eigenvalue weighted by molar-refractivity contribution is 0.121. The van der Waals surface area contributed by atoms with Crippen molar-refractivity contribution < 1.29 is 5.11 Å². The van der Waals surface area contributed by atoms with Crippen molar-refractivity contribution in [2.45, 2.75) is 39.5 Å². The van der Waals surface area contributed by atoms with Crippen LogP contribution in [0.2, 0.25) is 0 Å². The van der Waals surface area contributed by atoms with E-state index in [1.807, 2.05) is 12.1 Å². The third-order valence-electron chi connectivity index (χ3n) is 5.82. The average molecular weight is 230 g/mol. The molecule has 1 heteroatoms. The monoisotopic (exact) mass is 230 g/mol. The first-order chi connectivity index (χ1) is 8.01. The molecule has 1 aromatic carbocycles. The summed E-state index contributed by atoms with van der Waals surface area (Å²) in [6.45, 7) is 7.24. The molecule has 0 radical (unpaired) electrons. The van der Waals surface area contributed by atoms with E-state index in [0.717, 1.165) is 17.8 Å². The SMILES string of the molecule is C[C@H]1[C@@H]2C[C@H](C[C@@H]2c2ccccc2O)C1(C)C. The molecule has 0 aliphatic heterocycles. The third-order valence-corrected chi connectivity index (χ3v) is 5.82. The van der Waals surface area contributed by atoms with Crippen LogP contribution in [0.1, 0.15) is 45.1 Å². The van der Waals surface area contributed by atoms with Crippen LogP contribution >= 0.6 is 0 Å². The number of phenols is 1. The number of fused-ring (bicyclic) bond motifs is 2. The van der Waals surface area contributed by atoms with Crippen LogP contribution in [0.25, 0.3) is 0 Å². The summed E-state index contributed by atoms with van der Waals surface area (Å²) in [5.74, 6) is 3.46. The Balaban J connectivity index is 1.93. The molecule has 1 N–H and O–H groups in total. The van der Waals surface area contributed by atoms with Gasteiger partial charge in [0.25, 0.3) is 0 Å². The Morgan fingerprint density at radius 1 is 1.18 bits per heavy atom. The lowest BCUT2D eigenvalue weighted by atomic mass is 9.65. The van der Waals surface area contributed by atoms with Crippen molar-refractivity contribution in [1.82, 2.24) is 0 Å². The number of hydrogen-bond acceptors (Lipinski definition) is 1. The van der Waals surface area contributed by atoms with Crippen LogP contribution < -0.4 is 0 Å². The maximum Gasteiger partial charge on any atom is 0.119 e. The van der Waals surface area contributed by atoms with Crippen LogP contribution in [-0.4, -0.2) is 5.11 Å². The van der Waals surface area contributed by atoms with Crippen molar-refractivity contribution in [1.29, 1.82) is 0 Å². The molecule has 2 aliphatic rings. The van der Waals surface area contributed by atoms with E-state index in [0.29, 0.717) is 17.1 Å². The van der Waals surface area contributed by atoms with E-state index in [4.69, 9.17) is 0 Å². The minimum atomic E-state index is 0.492. The molecule has 0 heterocycles. The number of para-hydroxylation sites is 1. The lowest BCUT2D eigenvalue weighted by Gasteiger charge is -2.40. The Morgan fingerprint density at radius 2 is 1.88 bits per heavy atom. The van der Waals surface area contributed by atoms with Gasteiger partial charge in [0.15, 0.2) is 0 Å². The summed E-state index contributed by atoms with van der Waals surface area (Å²) in [6.07, 6.45) is 2.62. The summed E-state index contributed by atoms with van der Waals surface area (Å²) in [7, 11) is 0. The molecule has 92 valence electrons. The summed E-state index contributed by atoms with van der Waals surface area (Å²) >= 11 is 0. The minimum Gasteiger partial charge on any atom is -0.508 e. The summed E-state index contributed by atoms with van der Waals surface area (Å²) in [5, 5.41) is 10.0. The van der Waals surface area contributed by atoms with Crippen molar-refractivity contribution >= 4 is 0 Å². The zero-order chi connectivity index (χ0) is 12.2. The van der Waals surface area contributed by atoms with Gasteiger partial charge in [-0.3, -0.25) is 0 Å². The molecule has 0 unspecified atom stereocenters. The molecule has 3 rings (SSSR count). The lowest BCUT2D eigenvalue weighted by Crippen LogP contribution is -2.32. The van der Waals surface area contributed by atoms with E-state index >= 15 is 0 Å². The van der Waals surface area contributed by atoms with Crippen molar-refractivity contribution in [3.05, 3.63) is 29.8 Å². The zero-order valence-corrected chi connectivity index (χ0v) is 11.0. The normalized spacial score (nSPS) is 38.5. The molecule has 2 saturated carbocycles. The Bertz CT molecular complexity index is 431. The maximum absolute atomic E-state index is 10.0. The smallest absolute Gasteiger partial charge is 0.119 e. The number of hydrogen-bond donors (Lipinski definition) is 1. The quantitative estimate of drug-likeness (QED) is 0.767. The molecule has 0 spiro atoms. The first kappa shape index (κ1) is 11.1. The molecule has 0 saturated heterocycles. The van der Waals surface area contributed by atoms with Crippen LogP contribution in [0, 0.1) is 23.2 Å². The number of rotatable bonds is 1. The zero-order valence-electron chi connectivity index (χ0n) is 11.0. The molecular formula is C16H22O. The molecule has 4 atom stereocenters. The van der Waals surface area contributed by atoms with Gasteiger partial charge in [-0.25, -0.2) is 0 Å². The number of phenolic OH excluding ortho intramolecular Hbond substituents is 1. The predicted octanol–water partition coefficient (Wildman–Crippen LogP) is 4.18. The van der Waals surface area contributed by atoms with E-state index in [1.54, 1.807) is 0 Å². The van der Waals surface area contributed by atoms with Gasteiger partial charge in [0.1, 0.15) is 5.75 Å². The van der Waals surface area contributed by atoms with E-state index in [9.17, 15) is 5.11 Å². The minimum absolute atomic E-state index is 0.492. The van der Waals surface area contributed by atoms with Gasteiger partial charge in [-0.1, -0.05) is 39.0 Å². The van der Waals surface area contributed by atoms with Gasteiger partial charge in [0.2, 0.25) is 0 Å². The summed E-state index contributed by atoms with van der Waals surface area (Å²) < 4.78 is 0. The van der Waals surface area contributed by atoms with Crippen LogP contribution in [0.4, 0.5) is 0 Å². The van der Waals surface area contributed by atoms with Crippen molar-refractivity contribution in [2.75, 3.05) is 0 Å². The van der Waals surface area contributed by atoms with Crippen molar-refractivity contribution in [3.63, 3.8) is 0 Å². The fourth-order valence-electron chi connectivity index (χ4n) is 4.31. The van der Waals surface area contributed by atoms with Crippen LogP contribution in [0.3, 0.4) is 0 Å². The predicted molar refractivity (Wildman–Crippen MR) is 70.0 cm³/mol. The second-order valence-electron chi connectivity index (χ2n) is 6.61. The Hall–Kier alpha value is -0.980. The van der Waals surface area contributed by atoms with E-state index in [2.05, 4.69) is 32.9 Å². The first-order valence-electron chi connectivity index (χ1n) is 6.79. The first-order valence-corrected chi connectivity index (χ1v) is 6.79. The van der Waals surface area contributed by atoms with Gasteiger partial charge in [-0.2, -0.15) is 0 Å². The van der Waals surface area contributed by atoms with Gasteiger partial charge in [0.05, 0.1) is 0 Å². The number of benzene rings is 1. The molecule has 1 nitrogen and oxygen atoms in total. The van der Waals surface area contributed by atoms with Crippen LogP contribution in [-0.2, 0) is 0 Å². The molecule has 0 aromatic heterocycles. The maximum atomic E-state index is 10.0. The van der Waals surface area contributed by atoms with Crippen molar-refractivity contribution in [3.8, 4) is 5.75 Å². The second-order valence-corrected chi connectivity index (χ2v) is 6.61. The molecule has 17 heavy (non-hydrogen) atoms. The molecule has 0 amide bonds. The van der Waals surface area contributed by atoms with Crippen molar-refractivity contribution in [2.24, 2.45) is 23.2 Å². The standard InChI is InChI=1S/C16H22O/c1-10-13-8-11(16(10,2)3)9-14(13)12-6-4-5-7-15(12)17/h4-7,10-11,13-14,17H,8-9H2,1-3H3/t10-,11+,13-,14+/m0/s1. The average Bonchev–Trinajstić information content (AvgIpc) is 2.80. The van der Waals surface area contributed by atoms with E-state index in [1.165, 1.54) is 18.4 Å². The van der Waals surface area contributed by atoms with Gasteiger partial charge < -0.3 is 5.11 Å². The van der Waals surface area contributed by atoms with Gasteiger partial charge in [-0.05, 0) is 53.6 Å². The molecule has 2 fully saturated rings. The second kappa shape index (κ2) is 3.51. The van der Waals surface area contributed by atoms with Crippen LogP contribution in [0.15, 0.2) is 24.3 Å². The fourth-order valence-corrected chi connectivity index (χ4v) is 4.31. The summed E-state index contributed by atoms with van der Waals surface area (Å²) in [5.41, 5.74) is 1.67. The van der Waals surface area contributed by atoms with Gasteiger partial charge in [0, 0.05) is 0 Å². The molecule has 2 bridgehead atoms. The topological polar surface area (TPSA) is 20.2 Å². The van der Waals surface area contributed by atoms with Gasteiger partial charge in [-0.15, -0.1) is 0 Å². The highest BCUT2D eigenvalue weighted by Gasteiger charge is 2.55. The van der Waals surface area contributed by atoms with E-state index < -0.39 is 0 Å². The molecule has 2 aliphatic carbocycles. The van der Waals surface area contributed by atoms with Gasteiger partial charge >= 0.3 is 0 Å². The highest BCUT2D eigenvalue weighted by Crippen LogP contribution is 2.64. The summed E-state index contributed by atoms with van der Waals surface area (Å²) in [4.78, 5) is 0. The Labute approximate surface area is 104 Å². The number of aromatic hydroxyl groups is 1. The third kappa shape index (κ3) is 1.44. The molecular weight excluding hydrogens is 208 g/mol. The summed E-state index contributed by atoms with van der Waals surface area (Å²) in [6, 6.07) is 7.91. The van der Waals surface area contributed by atoms with Crippen LogP contribution in [0.5, 0.6) is 5.75 Å². The highest BCUT2D eigenvalue weighted by molar-refractivity contribution is 5.37. The molecule has 1 aromatic rings. The fraction of sp³-hybridized carbons (Fsp3) is 0.625. The Morgan fingerprint density at radius 3 is 2.47 bits per heavy atom. The largest absolute Gasteiger partial charge is 0.508 e. The Kier molecular flexibility index (Phi) is 2.30. The van der Waals surface area contributed by atoms with E-state index in [-0.39, 0.29) is 0 Å².